The normalized spacial score (nSPS) is 15.2. The van der Waals surface area contributed by atoms with Gasteiger partial charge in [-0.2, -0.15) is 0 Å². The predicted octanol–water partition coefficient (Wildman–Crippen LogP) is 2.57. The number of hydrogen-bond acceptors (Lipinski definition) is 7. The minimum atomic E-state index is -1.03. The molecule has 1 aliphatic heterocycles. The summed E-state index contributed by atoms with van der Waals surface area (Å²) in [6.07, 6.45) is 1.36. The van der Waals surface area contributed by atoms with Crippen molar-refractivity contribution in [2.45, 2.75) is 26.8 Å². The molecule has 0 spiro atoms. The van der Waals surface area contributed by atoms with Gasteiger partial charge in [0.15, 0.2) is 16.8 Å². The van der Waals surface area contributed by atoms with E-state index in [0.29, 0.717) is 36.9 Å². The molecule has 1 aliphatic rings. The molecular weight excluding hydrogens is 454 g/mol. The molecular formula is C21H24F2N6O3S. The number of nitrogens with zero attached hydrogens (tertiary/aromatic N) is 4. The van der Waals surface area contributed by atoms with E-state index in [2.05, 4.69) is 25.7 Å². The maximum absolute atomic E-state index is 13.8. The van der Waals surface area contributed by atoms with Crippen molar-refractivity contribution in [1.29, 1.82) is 0 Å². The number of aromatic nitrogens is 3. The van der Waals surface area contributed by atoms with Gasteiger partial charge in [-0.25, -0.2) is 18.7 Å². The number of rotatable bonds is 5. The lowest BCUT2D eigenvalue weighted by molar-refractivity contribution is -0.126. The zero-order valence-electron chi connectivity index (χ0n) is 18.4. The summed E-state index contributed by atoms with van der Waals surface area (Å²) >= 11 is 1.25. The number of imidazole rings is 1. The lowest BCUT2D eigenvalue weighted by Crippen LogP contribution is -2.46. The highest BCUT2D eigenvalue weighted by Gasteiger charge is 2.27. The van der Waals surface area contributed by atoms with Crippen molar-refractivity contribution in [1.82, 2.24) is 25.4 Å². The Balaban J connectivity index is 1.48. The number of thiazole rings is 1. The molecule has 3 heterocycles. The summed E-state index contributed by atoms with van der Waals surface area (Å²) in [5.74, 6) is -3.27. The van der Waals surface area contributed by atoms with E-state index >= 15 is 0 Å². The minimum Gasteiger partial charge on any atom is -0.378 e. The number of aryl methyl sites for hydroxylation is 1. The van der Waals surface area contributed by atoms with Crippen LogP contribution < -0.4 is 15.8 Å². The Bertz CT molecular complexity index is 1190. The lowest BCUT2D eigenvalue weighted by Gasteiger charge is -2.26. The highest BCUT2D eigenvalue weighted by Crippen LogP contribution is 2.27. The number of amides is 2. The van der Waals surface area contributed by atoms with E-state index < -0.39 is 29.5 Å². The molecule has 2 aromatic heterocycles. The number of hydrazine groups is 1. The van der Waals surface area contributed by atoms with Crippen LogP contribution in [-0.4, -0.2) is 52.7 Å². The molecule has 1 fully saturated rings. The van der Waals surface area contributed by atoms with Gasteiger partial charge in [0.2, 0.25) is 0 Å². The summed E-state index contributed by atoms with van der Waals surface area (Å²) < 4.78 is 34.2. The number of ether oxygens (including phenoxy) is 1. The van der Waals surface area contributed by atoms with E-state index in [0.717, 1.165) is 17.3 Å². The van der Waals surface area contributed by atoms with Crippen molar-refractivity contribution < 1.29 is 23.1 Å². The number of carbonyl (C=O) groups excluding carboxylic acids is 2. The van der Waals surface area contributed by atoms with Gasteiger partial charge >= 0.3 is 0 Å². The molecule has 0 saturated carbocycles. The van der Waals surface area contributed by atoms with Gasteiger partial charge in [-0.05, 0) is 12.8 Å². The van der Waals surface area contributed by atoms with Crippen LogP contribution in [0.15, 0.2) is 18.5 Å². The molecule has 1 aromatic carbocycles. The second-order valence-electron chi connectivity index (χ2n) is 8.05. The van der Waals surface area contributed by atoms with Gasteiger partial charge < -0.3 is 14.2 Å². The van der Waals surface area contributed by atoms with Crippen LogP contribution in [0.2, 0.25) is 0 Å². The average Bonchev–Trinajstić information content (AvgIpc) is 3.36. The van der Waals surface area contributed by atoms with Gasteiger partial charge in [-0.15, -0.1) is 0 Å². The highest BCUT2D eigenvalue weighted by atomic mass is 32.1. The monoisotopic (exact) mass is 478 g/mol. The molecule has 0 bridgehead atoms. The fourth-order valence-corrected chi connectivity index (χ4v) is 4.74. The van der Waals surface area contributed by atoms with E-state index in [1.54, 1.807) is 20.8 Å². The number of carbonyl (C=O) groups is 2. The third-order valence-corrected chi connectivity index (χ3v) is 6.61. The van der Waals surface area contributed by atoms with Crippen molar-refractivity contribution in [3.63, 3.8) is 0 Å². The first-order valence-electron chi connectivity index (χ1n) is 10.5. The Morgan fingerprint density at radius 1 is 1.15 bits per heavy atom. The molecule has 1 saturated heterocycles. The SMILES string of the molecule is Cc1nc(N2CCOCC2)sc1C(=O)NNC(=O)C(C(C)C)n1cnc2cc(F)c(F)cc21. The highest BCUT2D eigenvalue weighted by molar-refractivity contribution is 7.17. The summed E-state index contributed by atoms with van der Waals surface area (Å²) in [5.41, 5.74) is 5.96. The van der Waals surface area contributed by atoms with Crippen LogP contribution in [0.1, 0.15) is 35.3 Å². The maximum Gasteiger partial charge on any atom is 0.281 e. The summed E-state index contributed by atoms with van der Waals surface area (Å²) in [6, 6.07) is 1.18. The molecule has 1 unspecified atom stereocenters. The van der Waals surface area contributed by atoms with Crippen LogP contribution in [0, 0.1) is 24.5 Å². The molecule has 12 heteroatoms. The molecule has 4 rings (SSSR count). The van der Waals surface area contributed by atoms with Crippen LogP contribution in [0.4, 0.5) is 13.9 Å². The first-order valence-corrected chi connectivity index (χ1v) is 11.3. The zero-order chi connectivity index (χ0) is 23.7. The quantitative estimate of drug-likeness (QED) is 0.547. The fraction of sp³-hybridized carbons (Fsp3) is 0.429. The van der Waals surface area contributed by atoms with E-state index in [1.807, 2.05) is 0 Å². The number of fused-ring (bicyclic) bond motifs is 1. The molecule has 2 N–H and O–H groups in total. The minimum absolute atomic E-state index is 0.229. The summed E-state index contributed by atoms with van der Waals surface area (Å²) in [5, 5.41) is 0.728. The van der Waals surface area contributed by atoms with Crippen LogP contribution in [-0.2, 0) is 9.53 Å². The molecule has 3 aromatic rings. The number of hydrogen-bond donors (Lipinski definition) is 2. The average molecular weight is 479 g/mol. The first-order chi connectivity index (χ1) is 15.8. The van der Waals surface area contributed by atoms with Gasteiger partial charge in [-0.1, -0.05) is 25.2 Å². The molecule has 1 atom stereocenters. The van der Waals surface area contributed by atoms with E-state index in [4.69, 9.17) is 4.74 Å². The topological polar surface area (TPSA) is 101 Å². The maximum atomic E-state index is 13.8. The number of anilines is 1. The Hall–Kier alpha value is -3.12. The van der Waals surface area contributed by atoms with Gasteiger partial charge in [0.05, 0.1) is 36.3 Å². The Labute approximate surface area is 192 Å². The van der Waals surface area contributed by atoms with Crippen LogP contribution in [0.25, 0.3) is 11.0 Å². The van der Waals surface area contributed by atoms with Crippen LogP contribution in [0.3, 0.4) is 0 Å². The van der Waals surface area contributed by atoms with E-state index in [9.17, 15) is 18.4 Å². The molecule has 9 nitrogen and oxygen atoms in total. The van der Waals surface area contributed by atoms with Crippen LogP contribution >= 0.6 is 11.3 Å². The fourth-order valence-electron chi connectivity index (χ4n) is 3.73. The number of nitrogens with one attached hydrogen (secondary N) is 2. The molecule has 33 heavy (non-hydrogen) atoms. The third-order valence-electron chi connectivity index (χ3n) is 5.39. The number of benzene rings is 1. The Morgan fingerprint density at radius 3 is 2.55 bits per heavy atom. The van der Waals surface area contributed by atoms with Crippen molar-refractivity contribution in [2.24, 2.45) is 5.92 Å². The Kier molecular flexibility index (Phi) is 6.56. The van der Waals surface area contributed by atoms with Crippen molar-refractivity contribution in [2.75, 3.05) is 31.2 Å². The van der Waals surface area contributed by atoms with Gasteiger partial charge in [-0.3, -0.25) is 20.4 Å². The lowest BCUT2D eigenvalue weighted by atomic mass is 10.0. The second-order valence-corrected chi connectivity index (χ2v) is 9.03. The standard InChI is InChI=1S/C21H24F2N6O3S/c1-11(2)17(29-10-24-15-8-13(22)14(23)9-16(15)29)19(30)26-27-20(31)18-12(3)25-21(33-18)28-4-6-32-7-5-28/h8-11,17H,4-7H2,1-3H3,(H,26,30)(H,27,31). The van der Waals surface area contributed by atoms with Crippen LogP contribution in [0.5, 0.6) is 0 Å². The van der Waals surface area contributed by atoms with E-state index in [-0.39, 0.29) is 17.0 Å². The van der Waals surface area contributed by atoms with Crippen molar-refractivity contribution in [3.8, 4) is 0 Å². The number of halogens is 2. The Morgan fingerprint density at radius 2 is 1.85 bits per heavy atom. The zero-order valence-corrected chi connectivity index (χ0v) is 19.2. The van der Waals surface area contributed by atoms with Gasteiger partial charge in [0.1, 0.15) is 10.9 Å². The van der Waals surface area contributed by atoms with Crippen molar-refractivity contribution in [3.05, 3.63) is 40.7 Å². The number of morpholine rings is 1. The molecule has 0 aliphatic carbocycles. The molecule has 176 valence electrons. The molecule has 0 radical (unpaired) electrons. The van der Waals surface area contributed by atoms with E-state index in [1.165, 1.54) is 22.2 Å². The summed E-state index contributed by atoms with van der Waals surface area (Å²) in [6.45, 7) is 7.95. The van der Waals surface area contributed by atoms with Crippen molar-refractivity contribution >= 4 is 39.3 Å². The third kappa shape index (κ3) is 4.67. The summed E-state index contributed by atoms with van der Waals surface area (Å²) in [4.78, 5) is 36.7. The van der Waals surface area contributed by atoms with Gasteiger partial charge in [0.25, 0.3) is 11.8 Å². The summed E-state index contributed by atoms with van der Waals surface area (Å²) in [7, 11) is 0. The van der Waals surface area contributed by atoms with Gasteiger partial charge in [0, 0.05) is 25.2 Å². The largest absolute Gasteiger partial charge is 0.378 e. The first kappa shape index (κ1) is 23.1. The second kappa shape index (κ2) is 9.40. The molecule has 2 amide bonds. The predicted molar refractivity (Wildman–Crippen MR) is 119 cm³/mol. The smallest absolute Gasteiger partial charge is 0.281 e.